The van der Waals surface area contributed by atoms with Gasteiger partial charge in [-0.3, -0.25) is 10.2 Å². The highest BCUT2D eigenvalue weighted by Gasteiger charge is 2.12. The molecule has 32 heavy (non-hydrogen) atoms. The standard InChI is InChI=1S/C24H22FN7/c1-26-14-22-28-24(32-30-22)17-5-10-21-20(12-17)23(31-29-21)16-4-2-3-15(11-16)13-27-19-8-6-18(25)7-9-19/h2-12,26-27H,13-14H2,1H3,(H,29,31)(H,28,30,32). The first-order valence-corrected chi connectivity index (χ1v) is 10.3. The minimum atomic E-state index is -0.245. The first-order valence-electron chi connectivity index (χ1n) is 10.3. The minimum absolute atomic E-state index is 0.245. The van der Waals surface area contributed by atoms with Gasteiger partial charge in [-0.25, -0.2) is 9.37 Å². The van der Waals surface area contributed by atoms with Crippen molar-refractivity contribution in [3.05, 3.63) is 83.9 Å². The number of hydrogen-bond acceptors (Lipinski definition) is 5. The van der Waals surface area contributed by atoms with Gasteiger partial charge in [0.15, 0.2) is 5.82 Å². The van der Waals surface area contributed by atoms with Gasteiger partial charge in [0.2, 0.25) is 0 Å². The van der Waals surface area contributed by atoms with E-state index in [2.05, 4.69) is 54.2 Å². The highest BCUT2D eigenvalue weighted by atomic mass is 19.1. The normalized spacial score (nSPS) is 11.2. The molecule has 7 nitrogen and oxygen atoms in total. The third-order valence-electron chi connectivity index (χ3n) is 5.24. The van der Waals surface area contributed by atoms with Crippen molar-refractivity contribution in [3.63, 3.8) is 0 Å². The van der Waals surface area contributed by atoms with Crippen molar-refractivity contribution in [1.29, 1.82) is 0 Å². The van der Waals surface area contributed by atoms with Gasteiger partial charge >= 0.3 is 0 Å². The van der Waals surface area contributed by atoms with Crippen LogP contribution in [0.15, 0.2) is 66.7 Å². The Morgan fingerprint density at radius 3 is 2.59 bits per heavy atom. The van der Waals surface area contributed by atoms with Gasteiger partial charge in [0.1, 0.15) is 11.6 Å². The highest BCUT2D eigenvalue weighted by molar-refractivity contribution is 5.95. The average molecular weight is 427 g/mol. The fourth-order valence-corrected chi connectivity index (χ4v) is 3.64. The van der Waals surface area contributed by atoms with Crippen molar-refractivity contribution in [2.24, 2.45) is 0 Å². The fraction of sp³-hybridized carbons (Fsp3) is 0.125. The first kappa shape index (κ1) is 19.9. The molecule has 0 aliphatic carbocycles. The molecule has 8 heteroatoms. The Hall–Kier alpha value is -4.04. The molecule has 0 amide bonds. The lowest BCUT2D eigenvalue weighted by molar-refractivity contribution is 0.628. The number of nitrogens with zero attached hydrogens (tertiary/aromatic N) is 3. The van der Waals surface area contributed by atoms with Crippen molar-refractivity contribution >= 4 is 16.6 Å². The third-order valence-corrected chi connectivity index (χ3v) is 5.24. The molecule has 0 saturated carbocycles. The van der Waals surface area contributed by atoms with Crippen molar-refractivity contribution < 1.29 is 4.39 Å². The summed E-state index contributed by atoms with van der Waals surface area (Å²) in [6.45, 7) is 1.25. The van der Waals surface area contributed by atoms with Crippen molar-refractivity contribution in [1.82, 2.24) is 30.7 Å². The second-order valence-corrected chi connectivity index (χ2v) is 7.53. The molecule has 0 atom stereocenters. The molecule has 2 aromatic heterocycles. The highest BCUT2D eigenvalue weighted by Crippen LogP contribution is 2.30. The molecule has 4 N–H and O–H groups in total. The van der Waals surface area contributed by atoms with Crippen molar-refractivity contribution in [2.75, 3.05) is 12.4 Å². The molecule has 5 rings (SSSR count). The van der Waals surface area contributed by atoms with Crippen LogP contribution in [-0.2, 0) is 13.1 Å². The molecular weight excluding hydrogens is 405 g/mol. The van der Waals surface area contributed by atoms with Gasteiger partial charge in [-0.05, 0) is 61.1 Å². The zero-order valence-corrected chi connectivity index (χ0v) is 17.5. The van der Waals surface area contributed by atoms with Crippen LogP contribution in [0.1, 0.15) is 11.4 Å². The molecule has 0 bridgehead atoms. The predicted octanol–water partition coefficient (Wildman–Crippen LogP) is 4.49. The molecule has 3 aromatic carbocycles. The number of benzene rings is 3. The quantitative estimate of drug-likeness (QED) is 0.307. The van der Waals surface area contributed by atoms with Crippen LogP contribution in [0, 0.1) is 5.82 Å². The Morgan fingerprint density at radius 2 is 1.75 bits per heavy atom. The molecule has 160 valence electrons. The van der Waals surface area contributed by atoms with Crippen LogP contribution >= 0.6 is 0 Å². The van der Waals surface area contributed by atoms with E-state index in [4.69, 9.17) is 0 Å². The molecule has 5 aromatic rings. The van der Waals surface area contributed by atoms with E-state index in [1.165, 1.54) is 12.1 Å². The Morgan fingerprint density at radius 1 is 0.875 bits per heavy atom. The number of anilines is 1. The largest absolute Gasteiger partial charge is 0.381 e. The van der Waals surface area contributed by atoms with Gasteiger partial charge in [-0.2, -0.15) is 10.2 Å². The maximum Gasteiger partial charge on any atom is 0.181 e. The molecule has 0 unspecified atom stereocenters. The monoisotopic (exact) mass is 427 g/mol. The number of H-pyrrole nitrogens is 2. The van der Waals surface area contributed by atoms with E-state index in [0.29, 0.717) is 18.9 Å². The fourth-order valence-electron chi connectivity index (χ4n) is 3.64. The maximum absolute atomic E-state index is 13.1. The number of rotatable bonds is 7. The van der Waals surface area contributed by atoms with Crippen molar-refractivity contribution in [3.8, 4) is 22.6 Å². The van der Waals surface area contributed by atoms with E-state index in [9.17, 15) is 4.39 Å². The van der Waals surface area contributed by atoms with E-state index in [0.717, 1.165) is 44.8 Å². The molecule has 0 saturated heterocycles. The number of aromatic nitrogens is 5. The first-order chi connectivity index (χ1) is 15.7. The molecule has 0 aliphatic rings. The summed E-state index contributed by atoms with van der Waals surface area (Å²) in [5.74, 6) is 1.20. The maximum atomic E-state index is 13.1. The predicted molar refractivity (Wildman–Crippen MR) is 123 cm³/mol. The SMILES string of the molecule is CNCc1nc(-c2ccc3[nH]nc(-c4cccc(CNc5ccc(F)cc5)c4)c3c2)n[nH]1. The van der Waals surface area contributed by atoms with Crippen LogP contribution in [0.3, 0.4) is 0 Å². The van der Waals surface area contributed by atoms with Gasteiger partial charge in [0.25, 0.3) is 0 Å². The summed E-state index contributed by atoms with van der Waals surface area (Å²) in [5.41, 5.74) is 5.73. The molecule has 0 spiro atoms. The zero-order chi connectivity index (χ0) is 21.9. The summed E-state index contributed by atoms with van der Waals surface area (Å²) in [7, 11) is 1.87. The van der Waals surface area contributed by atoms with Gasteiger partial charge in [-0.1, -0.05) is 18.2 Å². The zero-order valence-electron chi connectivity index (χ0n) is 17.5. The summed E-state index contributed by atoms with van der Waals surface area (Å²) in [6.07, 6.45) is 0. The van der Waals surface area contributed by atoms with Crippen LogP contribution in [0.2, 0.25) is 0 Å². The summed E-state index contributed by atoms with van der Waals surface area (Å²) in [5, 5.41) is 22.4. The van der Waals surface area contributed by atoms with Crippen LogP contribution < -0.4 is 10.6 Å². The van der Waals surface area contributed by atoms with Crippen molar-refractivity contribution in [2.45, 2.75) is 13.1 Å². The number of hydrogen-bond donors (Lipinski definition) is 4. The summed E-state index contributed by atoms with van der Waals surface area (Å²) < 4.78 is 13.1. The summed E-state index contributed by atoms with van der Waals surface area (Å²) in [6, 6.07) is 20.6. The van der Waals surface area contributed by atoms with Gasteiger partial charge in [0.05, 0.1) is 17.8 Å². The number of halogens is 1. The lowest BCUT2D eigenvalue weighted by Crippen LogP contribution is -2.06. The Bertz CT molecular complexity index is 1350. The number of aromatic amines is 2. The molecule has 0 radical (unpaired) electrons. The summed E-state index contributed by atoms with van der Waals surface area (Å²) >= 11 is 0. The molecule has 0 fully saturated rings. The molecular formula is C24H22FN7. The topological polar surface area (TPSA) is 94.3 Å². The minimum Gasteiger partial charge on any atom is -0.381 e. The molecule has 2 heterocycles. The van der Waals surface area contributed by atoms with E-state index in [1.807, 2.05) is 31.3 Å². The smallest absolute Gasteiger partial charge is 0.181 e. The van der Waals surface area contributed by atoms with Gasteiger partial charge in [0, 0.05) is 28.7 Å². The Kier molecular flexibility index (Phi) is 5.35. The van der Waals surface area contributed by atoms with E-state index >= 15 is 0 Å². The summed E-state index contributed by atoms with van der Waals surface area (Å²) in [4.78, 5) is 4.54. The van der Waals surface area contributed by atoms with Crippen LogP contribution in [0.4, 0.5) is 10.1 Å². The Labute approximate surface area is 184 Å². The van der Waals surface area contributed by atoms with Gasteiger partial charge < -0.3 is 10.6 Å². The second-order valence-electron chi connectivity index (χ2n) is 7.53. The number of fused-ring (bicyclic) bond motifs is 1. The van der Waals surface area contributed by atoms with Crippen LogP contribution in [-0.4, -0.2) is 32.4 Å². The average Bonchev–Trinajstić information content (AvgIpc) is 3.46. The lowest BCUT2D eigenvalue weighted by atomic mass is 10.0. The molecule has 0 aliphatic heterocycles. The second kappa shape index (κ2) is 8.60. The van der Waals surface area contributed by atoms with Gasteiger partial charge in [-0.15, -0.1) is 0 Å². The van der Waals surface area contributed by atoms with Crippen LogP contribution in [0.25, 0.3) is 33.5 Å². The van der Waals surface area contributed by atoms with E-state index < -0.39 is 0 Å². The van der Waals surface area contributed by atoms with E-state index in [1.54, 1.807) is 12.1 Å². The lowest BCUT2D eigenvalue weighted by Gasteiger charge is -2.08. The van der Waals surface area contributed by atoms with E-state index in [-0.39, 0.29) is 5.82 Å². The Balaban J connectivity index is 1.42. The number of nitrogens with one attached hydrogen (secondary N) is 4. The van der Waals surface area contributed by atoms with Crippen LogP contribution in [0.5, 0.6) is 0 Å². The third kappa shape index (κ3) is 4.08.